The Labute approximate surface area is 199 Å². The Morgan fingerprint density at radius 2 is 1.85 bits per heavy atom. The number of nitrogens with one attached hydrogen (secondary N) is 1. The first-order valence-electron chi connectivity index (χ1n) is 11.4. The van der Waals surface area contributed by atoms with Crippen LogP contribution in [0.1, 0.15) is 47.8 Å². The number of methoxy groups -OCH3 is 1. The number of carbonyl (C=O) groups is 1. The quantitative estimate of drug-likeness (QED) is 0.507. The maximum atomic E-state index is 12.7. The molecule has 1 aliphatic heterocycles. The van der Waals surface area contributed by atoms with Crippen LogP contribution in [-0.4, -0.2) is 62.9 Å². The summed E-state index contributed by atoms with van der Waals surface area (Å²) in [6, 6.07) is 8.31. The molecule has 1 aromatic carbocycles. The molecule has 8 nitrogen and oxygen atoms in total. The molecular weight excluding hydrogens is 436 g/mol. The highest BCUT2D eigenvalue weighted by atomic mass is 32.2. The molecule has 4 rings (SSSR count). The third-order valence-electron chi connectivity index (χ3n) is 6.40. The summed E-state index contributed by atoms with van der Waals surface area (Å²) in [5.41, 5.74) is 4.26. The summed E-state index contributed by atoms with van der Waals surface area (Å²) < 4.78 is 7.05. The fourth-order valence-electron chi connectivity index (χ4n) is 4.20. The van der Waals surface area contributed by atoms with Crippen LogP contribution in [0.4, 0.5) is 0 Å². The third-order valence-corrected chi connectivity index (χ3v) is 7.24. The number of fused-ring (bicyclic) bond motifs is 1. The molecule has 0 bridgehead atoms. The van der Waals surface area contributed by atoms with Crippen LogP contribution < -0.4 is 10.1 Å². The molecule has 0 saturated carbocycles. The van der Waals surface area contributed by atoms with Gasteiger partial charge in [0.1, 0.15) is 5.75 Å². The highest BCUT2D eigenvalue weighted by molar-refractivity contribution is 7.99. The SMILES string of the molecule is COc1ccc([C@H](CNC(=O)CSc2nc3nc(C)c(C)c(C)n3n2)N2CCCCC2)cc1. The van der Waals surface area contributed by atoms with Crippen LogP contribution in [0.5, 0.6) is 5.75 Å². The number of carbonyl (C=O) groups excluding carboxylic acids is 1. The first kappa shape index (κ1) is 23.5. The predicted octanol–water partition coefficient (Wildman–Crippen LogP) is 3.49. The minimum Gasteiger partial charge on any atom is -0.497 e. The molecule has 1 aliphatic rings. The number of thioether (sulfide) groups is 1. The second-order valence-electron chi connectivity index (χ2n) is 8.49. The molecule has 0 unspecified atom stereocenters. The number of nitrogens with zero attached hydrogens (tertiary/aromatic N) is 5. The molecule has 1 fully saturated rings. The van der Waals surface area contributed by atoms with Gasteiger partial charge in [-0.05, 0) is 70.0 Å². The Bertz CT molecular complexity index is 1110. The van der Waals surface area contributed by atoms with Gasteiger partial charge in [0.25, 0.3) is 5.78 Å². The Morgan fingerprint density at radius 1 is 1.12 bits per heavy atom. The molecule has 176 valence electrons. The second-order valence-corrected chi connectivity index (χ2v) is 9.43. The van der Waals surface area contributed by atoms with Gasteiger partial charge in [0.05, 0.1) is 18.9 Å². The molecule has 1 saturated heterocycles. The van der Waals surface area contributed by atoms with Crippen molar-refractivity contribution >= 4 is 23.4 Å². The van der Waals surface area contributed by atoms with E-state index in [9.17, 15) is 4.79 Å². The van der Waals surface area contributed by atoms with Gasteiger partial charge in [-0.15, -0.1) is 5.10 Å². The van der Waals surface area contributed by atoms with E-state index < -0.39 is 0 Å². The van der Waals surface area contributed by atoms with Crippen molar-refractivity contribution in [2.24, 2.45) is 0 Å². The van der Waals surface area contributed by atoms with Crippen LogP contribution in [0.25, 0.3) is 5.78 Å². The van der Waals surface area contributed by atoms with Gasteiger partial charge >= 0.3 is 0 Å². The molecule has 1 atom stereocenters. The van der Waals surface area contributed by atoms with Crippen molar-refractivity contribution in [1.82, 2.24) is 29.8 Å². The second kappa shape index (κ2) is 10.5. The summed E-state index contributed by atoms with van der Waals surface area (Å²) in [4.78, 5) is 24.1. The number of likely N-dealkylation sites (tertiary alicyclic amines) is 1. The Kier molecular flexibility index (Phi) is 7.49. The van der Waals surface area contributed by atoms with Gasteiger partial charge in [-0.1, -0.05) is 30.3 Å². The molecule has 1 N–H and O–H groups in total. The number of aryl methyl sites for hydroxylation is 2. The average Bonchev–Trinajstić information content (AvgIpc) is 3.25. The number of benzene rings is 1. The van der Waals surface area contributed by atoms with Gasteiger partial charge in [-0.2, -0.15) is 4.98 Å². The van der Waals surface area contributed by atoms with E-state index in [0.717, 1.165) is 35.8 Å². The number of hydrogen-bond acceptors (Lipinski definition) is 7. The zero-order valence-electron chi connectivity index (χ0n) is 19.8. The van der Waals surface area contributed by atoms with Crippen molar-refractivity contribution in [2.45, 2.75) is 51.2 Å². The molecule has 0 spiro atoms. The fraction of sp³-hybridized carbons (Fsp3) is 0.500. The Balaban J connectivity index is 1.38. The summed E-state index contributed by atoms with van der Waals surface area (Å²) in [6.07, 6.45) is 3.67. The van der Waals surface area contributed by atoms with E-state index in [2.05, 4.69) is 37.4 Å². The first-order valence-corrected chi connectivity index (χ1v) is 12.4. The van der Waals surface area contributed by atoms with Crippen LogP contribution in [0.3, 0.4) is 0 Å². The lowest BCUT2D eigenvalue weighted by Gasteiger charge is -2.35. The zero-order valence-corrected chi connectivity index (χ0v) is 20.6. The van der Waals surface area contributed by atoms with Crippen molar-refractivity contribution < 1.29 is 9.53 Å². The molecule has 3 heterocycles. The minimum atomic E-state index is -0.0218. The lowest BCUT2D eigenvalue weighted by molar-refractivity contribution is -0.118. The standard InChI is InChI=1S/C24H32N6O2S/c1-16-17(2)26-23-27-24(28-30(23)18(16)3)33-15-22(31)25-14-21(29-12-6-5-7-13-29)19-8-10-20(32-4)11-9-19/h8-11,21H,5-7,12-15H2,1-4H3,(H,25,31)/t21-/m0/s1. The van der Waals surface area contributed by atoms with Crippen molar-refractivity contribution in [3.63, 3.8) is 0 Å². The van der Waals surface area contributed by atoms with E-state index in [0.29, 0.717) is 17.5 Å². The normalized spacial score (nSPS) is 15.5. The Morgan fingerprint density at radius 3 is 2.55 bits per heavy atom. The molecule has 2 aromatic heterocycles. The molecule has 3 aromatic rings. The van der Waals surface area contributed by atoms with Gasteiger partial charge in [-0.3, -0.25) is 9.69 Å². The zero-order chi connectivity index (χ0) is 23.4. The summed E-state index contributed by atoms with van der Waals surface area (Å²) >= 11 is 1.34. The van der Waals surface area contributed by atoms with Gasteiger partial charge < -0.3 is 10.1 Å². The molecule has 1 amide bonds. The number of piperidine rings is 1. The predicted molar refractivity (Wildman–Crippen MR) is 130 cm³/mol. The van der Waals surface area contributed by atoms with Crippen molar-refractivity contribution in [3.05, 3.63) is 46.8 Å². The molecular formula is C24H32N6O2S. The monoisotopic (exact) mass is 468 g/mol. The van der Waals surface area contributed by atoms with Gasteiger partial charge in [0.15, 0.2) is 0 Å². The average molecular weight is 469 g/mol. The lowest BCUT2D eigenvalue weighted by atomic mass is 10.0. The van der Waals surface area contributed by atoms with E-state index in [1.807, 2.05) is 32.9 Å². The topological polar surface area (TPSA) is 84.6 Å². The largest absolute Gasteiger partial charge is 0.497 e. The number of hydrogen-bond donors (Lipinski definition) is 1. The summed E-state index contributed by atoms with van der Waals surface area (Å²) in [5.74, 6) is 1.66. The van der Waals surface area contributed by atoms with Crippen molar-refractivity contribution in [1.29, 1.82) is 0 Å². The maximum Gasteiger partial charge on any atom is 0.253 e. The molecule has 33 heavy (non-hydrogen) atoms. The molecule has 0 aliphatic carbocycles. The molecule has 0 radical (unpaired) electrons. The minimum absolute atomic E-state index is 0.0218. The smallest absolute Gasteiger partial charge is 0.253 e. The lowest BCUT2D eigenvalue weighted by Crippen LogP contribution is -2.41. The summed E-state index contributed by atoms with van der Waals surface area (Å²) in [6.45, 7) is 8.69. The van der Waals surface area contributed by atoms with E-state index >= 15 is 0 Å². The van der Waals surface area contributed by atoms with Crippen LogP contribution in [-0.2, 0) is 4.79 Å². The van der Waals surface area contributed by atoms with E-state index in [1.54, 1.807) is 11.6 Å². The Hall–Kier alpha value is -2.65. The van der Waals surface area contributed by atoms with E-state index in [-0.39, 0.29) is 17.7 Å². The van der Waals surface area contributed by atoms with E-state index in [1.165, 1.54) is 36.6 Å². The van der Waals surface area contributed by atoms with Crippen LogP contribution in [0.2, 0.25) is 0 Å². The van der Waals surface area contributed by atoms with Crippen LogP contribution >= 0.6 is 11.8 Å². The highest BCUT2D eigenvalue weighted by Crippen LogP contribution is 2.26. The molecule has 9 heteroatoms. The van der Waals surface area contributed by atoms with Gasteiger partial charge in [0.2, 0.25) is 11.1 Å². The van der Waals surface area contributed by atoms with Crippen molar-refractivity contribution in [2.75, 3.05) is 32.5 Å². The summed E-state index contributed by atoms with van der Waals surface area (Å²) in [7, 11) is 1.67. The van der Waals surface area contributed by atoms with E-state index in [4.69, 9.17) is 4.74 Å². The number of amides is 1. The fourth-order valence-corrected chi connectivity index (χ4v) is 4.85. The van der Waals surface area contributed by atoms with Crippen LogP contribution in [0.15, 0.2) is 29.4 Å². The number of rotatable bonds is 8. The van der Waals surface area contributed by atoms with Crippen molar-refractivity contribution in [3.8, 4) is 5.75 Å². The van der Waals surface area contributed by atoms with Crippen LogP contribution in [0, 0.1) is 20.8 Å². The van der Waals surface area contributed by atoms with Gasteiger partial charge in [-0.25, -0.2) is 9.50 Å². The third kappa shape index (κ3) is 5.47. The summed E-state index contributed by atoms with van der Waals surface area (Å²) in [5, 5.41) is 8.22. The number of aromatic nitrogens is 4. The maximum absolute atomic E-state index is 12.7. The first-order chi connectivity index (χ1) is 16.0. The number of ether oxygens (including phenoxy) is 1. The van der Waals surface area contributed by atoms with Gasteiger partial charge in [0, 0.05) is 17.9 Å². The highest BCUT2D eigenvalue weighted by Gasteiger charge is 2.23.